The summed E-state index contributed by atoms with van der Waals surface area (Å²) in [6.45, 7) is 4.51. The Bertz CT molecular complexity index is 1170. The molecule has 2 aromatic carbocycles. The third-order valence-corrected chi connectivity index (χ3v) is 5.23. The highest BCUT2D eigenvalue weighted by Crippen LogP contribution is 2.32. The highest BCUT2D eigenvalue weighted by molar-refractivity contribution is 5.99. The smallest absolute Gasteiger partial charge is 0.251 e. The zero-order chi connectivity index (χ0) is 23.9. The number of hydrogen-bond donors (Lipinski definition) is 3. The number of aromatic nitrogens is 2. The van der Waals surface area contributed by atoms with E-state index in [0.717, 1.165) is 47.5 Å². The lowest BCUT2D eigenvalue weighted by Gasteiger charge is -2.30. The Balaban J connectivity index is 1.47. The number of ether oxygens (including phenoxy) is 2. The number of anilines is 4. The maximum absolute atomic E-state index is 11.8. The molecule has 0 radical (unpaired) electrons. The molecule has 1 amide bonds. The standard InChI is InChI=1S/C25H27N5O4/c1-17(31)15-24(32)27-19-5-3-18(4-6-19)21-9-10-26-25(29-21)28-20-7-8-22(23(16-20)33-2)30-11-13-34-14-12-30/h3-10,15-16,31H,11-14H2,1-2H3,(H,27,32)(H,26,28,29)/b17-15-. The van der Waals surface area contributed by atoms with Crippen LogP contribution in [0.25, 0.3) is 11.3 Å². The van der Waals surface area contributed by atoms with Gasteiger partial charge < -0.3 is 30.1 Å². The number of hydrogen-bond acceptors (Lipinski definition) is 8. The van der Waals surface area contributed by atoms with Crippen LogP contribution < -0.4 is 20.3 Å². The fourth-order valence-electron chi connectivity index (χ4n) is 3.62. The largest absolute Gasteiger partial charge is 0.512 e. The molecule has 0 spiro atoms. The first-order valence-electron chi connectivity index (χ1n) is 10.9. The molecule has 3 aromatic rings. The maximum Gasteiger partial charge on any atom is 0.251 e. The molecule has 2 heterocycles. The number of methoxy groups -OCH3 is 1. The van der Waals surface area contributed by atoms with Gasteiger partial charge in [0.25, 0.3) is 5.91 Å². The van der Waals surface area contributed by atoms with Crippen LogP contribution in [0, 0.1) is 0 Å². The summed E-state index contributed by atoms with van der Waals surface area (Å²) in [5.41, 5.74) is 4.07. The molecular weight excluding hydrogens is 434 g/mol. The number of morpholine rings is 1. The average Bonchev–Trinajstić information content (AvgIpc) is 2.84. The lowest BCUT2D eigenvalue weighted by molar-refractivity contribution is -0.112. The molecule has 4 rings (SSSR count). The van der Waals surface area contributed by atoms with E-state index in [4.69, 9.17) is 9.47 Å². The molecule has 1 aliphatic heterocycles. The minimum Gasteiger partial charge on any atom is -0.512 e. The maximum atomic E-state index is 11.8. The molecule has 9 nitrogen and oxygen atoms in total. The number of rotatable bonds is 7. The molecule has 1 aromatic heterocycles. The van der Waals surface area contributed by atoms with E-state index in [1.807, 2.05) is 36.4 Å². The molecule has 0 bridgehead atoms. The summed E-state index contributed by atoms with van der Waals surface area (Å²) < 4.78 is 11.1. The molecule has 34 heavy (non-hydrogen) atoms. The second-order valence-electron chi connectivity index (χ2n) is 7.73. The number of benzene rings is 2. The molecule has 9 heteroatoms. The number of allylic oxidation sites excluding steroid dienone is 1. The van der Waals surface area contributed by atoms with Gasteiger partial charge in [0.2, 0.25) is 5.95 Å². The van der Waals surface area contributed by atoms with Gasteiger partial charge in [-0.25, -0.2) is 9.97 Å². The van der Waals surface area contributed by atoms with Gasteiger partial charge in [-0.05, 0) is 37.3 Å². The van der Waals surface area contributed by atoms with Crippen LogP contribution in [0.5, 0.6) is 5.75 Å². The second-order valence-corrected chi connectivity index (χ2v) is 7.73. The van der Waals surface area contributed by atoms with Crippen LogP contribution in [0.4, 0.5) is 23.0 Å². The first-order chi connectivity index (χ1) is 16.5. The number of nitrogens with one attached hydrogen (secondary N) is 2. The van der Waals surface area contributed by atoms with Crippen molar-refractivity contribution >= 4 is 28.9 Å². The highest BCUT2D eigenvalue weighted by atomic mass is 16.5. The van der Waals surface area contributed by atoms with Crippen LogP contribution in [0.1, 0.15) is 6.92 Å². The van der Waals surface area contributed by atoms with Gasteiger partial charge in [0.15, 0.2) is 0 Å². The lowest BCUT2D eigenvalue weighted by Crippen LogP contribution is -2.36. The van der Waals surface area contributed by atoms with Gasteiger partial charge in [-0.3, -0.25) is 4.79 Å². The van der Waals surface area contributed by atoms with Crippen molar-refractivity contribution in [2.45, 2.75) is 6.92 Å². The van der Waals surface area contributed by atoms with Crippen molar-refractivity contribution in [3.8, 4) is 17.0 Å². The van der Waals surface area contributed by atoms with E-state index < -0.39 is 5.91 Å². The van der Waals surface area contributed by atoms with Crippen LogP contribution in [0.15, 0.2) is 66.6 Å². The molecule has 176 valence electrons. The first kappa shape index (κ1) is 23.1. The predicted molar refractivity (Wildman–Crippen MR) is 132 cm³/mol. The number of amides is 1. The Hall–Kier alpha value is -4.11. The summed E-state index contributed by atoms with van der Waals surface area (Å²) in [6, 6.07) is 15.0. The SMILES string of the molecule is COc1cc(Nc2nccc(-c3ccc(NC(=O)/C=C(/C)O)cc3)n2)ccc1N1CCOCC1. The average molecular weight is 462 g/mol. The third kappa shape index (κ3) is 5.81. The van der Waals surface area contributed by atoms with E-state index in [0.29, 0.717) is 24.8 Å². The first-order valence-corrected chi connectivity index (χ1v) is 10.9. The lowest BCUT2D eigenvalue weighted by atomic mass is 10.1. The molecule has 0 atom stereocenters. The van der Waals surface area contributed by atoms with Gasteiger partial charge in [0.05, 0.1) is 37.5 Å². The minimum absolute atomic E-state index is 0.0523. The Labute approximate surface area is 198 Å². The monoisotopic (exact) mass is 461 g/mol. The summed E-state index contributed by atoms with van der Waals surface area (Å²) in [5, 5.41) is 15.1. The molecule has 0 aliphatic carbocycles. The van der Waals surface area contributed by atoms with Gasteiger partial charge in [-0.1, -0.05) is 12.1 Å². The Morgan fingerprint density at radius 2 is 1.85 bits per heavy atom. The molecule has 3 N–H and O–H groups in total. The number of carbonyl (C=O) groups is 1. The molecule has 0 saturated carbocycles. The van der Waals surface area contributed by atoms with E-state index in [2.05, 4.69) is 25.5 Å². The molecular formula is C25H27N5O4. The topological polar surface area (TPSA) is 109 Å². The zero-order valence-corrected chi connectivity index (χ0v) is 19.1. The van der Waals surface area contributed by atoms with Gasteiger partial charge >= 0.3 is 0 Å². The predicted octanol–water partition coefficient (Wildman–Crippen LogP) is 4.13. The molecule has 1 saturated heterocycles. The van der Waals surface area contributed by atoms with E-state index in [9.17, 15) is 9.90 Å². The van der Waals surface area contributed by atoms with E-state index >= 15 is 0 Å². The summed E-state index contributed by atoms with van der Waals surface area (Å²) in [5.74, 6) is 0.784. The fourth-order valence-corrected chi connectivity index (χ4v) is 3.62. The number of aliphatic hydroxyl groups excluding tert-OH is 1. The Morgan fingerprint density at radius 3 is 2.56 bits per heavy atom. The van der Waals surface area contributed by atoms with Crippen molar-refractivity contribution in [3.63, 3.8) is 0 Å². The van der Waals surface area contributed by atoms with Crippen molar-refractivity contribution in [2.24, 2.45) is 0 Å². The normalized spacial score (nSPS) is 13.9. The van der Waals surface area contributed by atoms with Crippen LogP contribution in [0.3, 0.4) is 0 Å². The van der Waals surface area contributed by atoms with Crippen molar-refractivity contribution in [1.29, 1.82) is 0 Å². The van der Waals surface area contributed by atoms with Crippen LogP contribution in [0.2, 0.25) is 0 Å². The van der Waals surface area contributed by atoms with Crippen LogP contribution in [-0.4, -0.2) is 54.4 Å². The quantitative estimate of drug-likeness (QED) is 0.356. The van der Waals surface area contributed by atoms with E-state index in [1.54, 1.807) is 25.4 Å². The van der Waals surface area contributed by atoms with Gasteiger partial charge in [0, 0.05) is 48.4 Å². The van der Waals surface area contributed by atoms with Crippen LogP contribution in [-0.2, 0) is 9.53 Å². The molecule has 1 aliphatic rings. The van der Waals surface area contributed by atoms with E-state index in [-0.39, 0.29) is 5.76 Å². The van der Waals surface area contributed by atoms with E-state index in [1.165, 1.54) is 6.92 Å². The van der Waals surface area contributed by atoms with Crippen molar-refractivity contribution in [3.05, 3.63) is 66.6 Å². The number of nitrogens with zero attached hydrogens (tertiary/aromatic N) is 3. The summed E-state index contributed by atoms with van der Waals surface area (Å²) >= 11 is 0. The zero-order valence-electron chi connectivity index (χ0n) is 19.1. The Kier molecular flexibility index (Phi) is 7.24. The number of aliphatic hydroxyl groups is 1. The van der Waals surface area contributed by atoms with Crippen molar-refractivity contribution < 1.29 is 19.4 Å². The fraction of sp³-hybridized carbons (Fsp3) is 0.240. The number of carbonyl (C=O) groups excluding carboxylic acids is 1. The van der Waals surface area contributed by atoms with Gasteiger partial charge in [0.1, 0.15) is 5.75 Å². The van der Waals surface area contributed by atoms with Gasteiger partial charge in [-0.15, -0.1) is 0 Å². The van der Waals surface area contributed by atoms with Crippen LogP contribution >= 0.6 is 0 Å². The third-order valence-electron chi connectivity index (χ3n) is 5.23. The Morgan fingerprint density at radius 1 is 1.12 bits per heavy atom. The van der Waals surface area contributed by atoms with Crippen molar-refractivity contribution in [2.75, 3.05) is 48.9 Å². The van der Waals surface area contributed by atoms with Crippen molar-refractivity contribution in [1.82, 2.24) is 9.97 Å². The highest BCUT2D eigenvalue weighted by Gasteiger charge is 2.16. The summed E-state index contributed by atoms with van der Waals surface area (Å²) in [7, 11) is 1.66. The summed E-state index contributed by atoms with van der Waals surface area (Å²) in [6.07, 6.45) is 2.81. The summed E-state index contributed by atoms with van der Waals surface area (Å²) in [4.78, 5) is 23.0. The minimum atomic E-state index is -0.392. The van der Waals surface area contributed by atoms with Gasteiger partial charge in [-0.2, -0.15) is 0 Å². The molecule has 0 unspecified atom stereocenters. The molecule has 1 fully saturated rings. The second kappa shape index (κ2) is 10.7.